The van der Waals surface area contributed by atoms with Gasteiger partial charge in [-0.3, -0.25) is 0 Å². The van der Waals surface area contributed by atoms with Crippen molar-refractivity contribution in [1.82, 2.24) is 24.9 Å². The molecular formula is C14H12FN7. The molecule has 110 valence electrons. The van der Waals surface area contributed by atoms with E-state index < -0.39 is 5.82 Å². The number of aromatic nitrogens is 4. The molecule has 1 saturated heterocycles. The maximum absolute atomic E-state index is 13.9. The normalized spacial score (nSPS) is 15.4. The zero-order chi connectivity index (χ0) is 15.1. The van der Waals surface area contributed by atoms with Gasteiger partial charge in [-0.25, -0.2) is 19.2 Å². The largest absolute Gasteiger partial charge is 0.338 e. The van der Waals surface area contributed by atoms with Crippen LogP contribution in [0.5, 0.6) is 0 Å². The van der Waals surface area contributed by atoms with E-state index >= 15 is 0 Å². The SMILES string of the molecule is [C-]#[N+]c1cc2c(cc1F)nc(N1CCNCC1)n1ncnc21. The van der Waals surface area contributed by atoms with Crippen LogP contribution in [0.25, 0.3) is 21.4 Å². The highest BCUT2D eigenvalue weighted by atomic mass is 19.1. The summed E-state index contributed by atoms with van der Waals surface area (Å²) >= 11 is 0. The van der Waals surface area contributed by atoms with E-state index in [-0.39, 0.29) is 5.69 Å². The van der Waals surface area contributed by atoms with Crippen LogP contribution in [0, 0.1) is 12.4 Å². The molecule has 0 amide bonds. The first-order valence-electron chi connectivity index (χ1n) is 6.94. The molecule has 1 aliphatic rings. The highest BCUT2D eigenvalue weighted by Crippen LogP contribution is 2.28. The number of fused-ring (bicyclic) bond motifs is 3. The molecule has 0 unspecified atom stereocenters. The van der Waals surface area contributed by atoms with Crippen LogP contribution in [-0.4, -0.2) is 45.8 Å². The topological polar surface area (TPSA) is 62.7 Å². The van der Waals surface area contributed by atoms with Gasteiger partial charge in [0.2, 0.25) is 11.6 Å². The third kappa shape index (κ3) is 1.87. The molecule has 1 aliphatic heterocycles. The van der Waals surface area contributed by atoms with E-state index in [0.29, 0.717) is 22.5 Å². The Morgan fingerprint density at radius 1 is 1.27 bits per heavy atom. The van der Waals surface area contributed by atoms with Crippen LogP contribution in [0.4, 0.5) is 16.0 Å². The van der Waals surface area contributed by atoms with Crippen molar-refractivity contribution < 1.29 is 4.39 Å². The maximum Gasteiger partial charge on any atom is 0.229 e. The maximum atomic E-state index is 13.9. The van der Waals surface area contributed by atoms with Gasteiger partial charge in [-0.15, -0.1) is 0 Å². The first kappa shape index (κ1) is 12.9. The van der Waals surface area contributed by atoms with Crippen LogP contribution < -0.4 is 10.2 Å². The second-order valence-corrected chi connectivity index (χ2v) is 5.08. The highest BCUT2D eigenvalue weighted by molar-refractivity contribution is 5.94. The van der Waals surface area contributed by atoms with E-state index in [4.69, 9.17) is 6.57 Å². The molecule has 0 bridgehead atoms. The lowest BCUT2D eigenvalue weighted by Gasteiger charge is -2.28. The lowest BCUT2D eigenvalue weighted by Crippen LogP contribution is -2.44. The molecule has 7 nitrogen and oxygen atoms in total. The number of nitrogens with one attached hydrogen (secondary N) is 1. The van der Waals surface area contributed by atoms with Crippen molar-refractivity contribution in [2.75, 3.05) is 31.1 Å². The number of benzene rings is 1. The lowest BCUT2D eigenvalue weighted by molar-refractivity contribution is 0.575. The van der Waals surface area contributed by atoms with Gasteiger partial charge in [0.25, 0.3) is 0 Å². The van der Waals surface area contributed by atoms with Crippen LogP contribution in [0.1, 0.15) is 0 Å². The Bertz CT molecular complexity index is 905. The molecule has 0 atom stereocenters. The van der Waals surface area contributed by atoms with Crippen LogP contribution in [-0.2, 0) is 0 Å². The lowest BCUT2D eigenvalue weighted by atomic mass is 10.2. The quantitative estimate of drug-likeness (QED) is 0.688. The van der Waals surface area contributed by atoms with Crippen LogP contribution >= 0.6 is 0 Å². The van der Waals surface area contributed by atoms with Crippen LogP contribution in [0.3, 0.4) is 0 Å². The fraction of sp³-hybridized carbons (Fsp3) is 0.286. The summed E-state index contributed by atoms with van der Waals surface area (Å²) in [7, 11) is 0. The first-order chi connectivity index (χ1) is 10.8. The summed E-state index contributed by atoms with van der Waals surface area (Å²) in [4.78, 5) is 14.1. The Hall–Kier alpha value is -2.79. The number of hydrogen-bond acceptors (Lipinski definition) is 5. The third-order valence-electron chi connectivity index (χ3n) is 3.78. The van der Waals surface area contributed by atoms with E-state index in [1.807, 2.05) is 0 Å². The van der Waals surface area contributed by atoms with Gasteiger partial charge in [-0.05, 0) is 12.1 Å². The van der Waals surface area contributed by atoms with Crippen molar-refractivity contribution in [2.45, 2.75) is 0 Å². The van der Waals surface area contributed by atoms with Gasteiger partial charge < -0.3 is 10.2 Å². The zero-order valence-electron chi connectivity index (χ0n) is 11.6. The summed E-state index contributed by atoms with van der Waals surface area (Å²) in [5.41, 5.74) is 1.04. The molecule has 1 N–H and O–H groups in total. The fourth-order valence-electron chi connectivity index (χ4n) is 2.70. The van der Waals surface area contributed by atoms with E-state index in [1.54, 1.807) is 4.52 Å². The molecule has 0 spiro atoms. The molecule has 8 heteroatoms. The first-order valence-corrected chi connectivity index (χ1v) is 6.94. The summed E-state index contributed by atoms with van der Waals surface area (Å²) in [5, 5.41) is 8.14. The van der Waals surface area contributed by atoms with Gasteiger partial charge >= 0.3 is 0 Å². The van der Waals surface area contributed by atoms with Crippen molar-refractivity contribution >= 4 is 28.2 Å². The van der Waals surface area contributed by atoms with Crippen molar-refractivity contribution in [3.63, 3.8) is 0 Å². The third-order valence-corrected chi connectivity index (χ3v) is 3.78. The number of halogens is 1. The Labute approximate surface area is 125 Å². The number of anilines is 1. The van der Waals surface area contributed by atoms with Gasteiger partial charge in [0.1, 0.15) is 12.1 Å². The van der Waals surface area contributed by atoms with Gasteiger partial charge in [-0.2, -0.15) is 9.61 Å². The van der Waals surface area contributed by atoms with Gasteiger partial charge in [0.05, 0.1) is 12.1 Å². The Balaban J connectivity index is 2.01. The summed E-state index contributed by atoms with van der Waals surface area (Å²) in [6, 6.07) is 2.78. The fourth-order valence-corrected chi connectivity index (χ4v) is 2.70. The monoisotopic (exact) mass is 297 g/mol. The second kappa shape index (κ2) is 4.89. The molecule has 1 aromatic carbocycles. The smallest absolute Gasteiger partial charge is 0.229 e. The minimum atomic E-state index is -0.565. The molecule has 0 radical (unpaired) electrons. The predicted molar refractivity (Wildman–Crippen MR) is 79.6 cm³/mol. The Morgan fingerprint density at radius 2 is 2.09 bits per heavy atom. The van der Waals surface area contributed by atoms with Crippen LogP contribution in [0.2, 0.25) is 0 Å². The van der Waals surface area contributed by atoms with Gasteiger partial charge in [-0.1, -0.05) is 0 Å². The van der Waals surface area contributed by atoms with E-state index in [0.717, 1.165) is 26.2 Å². The van der Waals surface area contributed by atoms with E-state index in [9.17, 15) is 4.39 Å². The minimum absolute atomic E-state index is 0.0332. The van der Waals surface area contributed by atoms with E-state index in [2.05, 4.69) is 30.1 Å². The van der Waals surface area contributed by atoms with Gasteiger partial charge in [0.15, 0.2) is 5.65 Å². The van der Waals surface area contributed by atoms with Crippen molar-refractivity contribution in [1.29, 1.82) is 0 Å². The van der Waals surface area contributed by atoms with Crippen molar-refractivity contribution in [3.8, 4) is 0 Å². The number of hydrogen-bond donors (Lipinski definition) is 1. The van der Waals surface area contributed by atoms with E-state index in [1.165, 1.54) is 18.5 Å². The minimum Gasteiger partial charge on any atom is -0.338 e. The standard InChI is InChI=1S/C14H12FN7/c1-16-12-6-9-11(7-10(12)15)20-14(21-4-2-17-3-5-21)22-13(9)18-8-19-22/h6-8,17H,2-5H2. The molecular weight excluding hydrogens is 285 g/mol. The number of piperazine rings is 1. The molecule has 3 heterocycles. The molecule has 0 saturated carbocycles. The number of rotatable bonds is 1. The van der Waals surface area contributed by atoms with Crippen molar-refractivity contribution in [3.05, 3.63) is 35.7 Å². The predicted octanol–water partition coefficient (Wildman–Crippen LogP) is 1.38. The molecule has 4 rings (SSSR count). The molecule has 2 aromatic heterocycles. The molecule has 3 aromatic rings. The second-order valence-electron chi connectivity index (χ2n) is 5.08. The Morgan fingerprint density at radius 3 is 2.86 bits per heavy atom. The summed E-state index contributed by atoms with van der Waals surface area (Å²) in [6.07, 6.45) is 1.45. The molecule has 0 aliphatic carbocycles. The highest BCUT2D eigenvalue weighted by Gasteiger charge is 2.19. The zero-order valence-corrected chi connectivity index (χ0v) is 11.6. The number of nitrogens with zero attached hydrogens (tertiary/aromatic N) is 6. The van der Waals surface area contributed by atoms with Crippen molar-refractivity contribution in [2.24, 2.45) is 0 Å². The van der Waals surface area contributed by atoms with Gasteiger partial charge in [0, 0.05) is 31.6 Å². The van der Waals surface area contributed by atoms with Crippen LogP contribution in [0.15, 0.2) is 18.5 Å². The Kier molecular flexibility index (Phi) is 2.87. The summed E-state index contributed by atoms with van der Waals surface area (Å²) in [5.74, 6) is 0.0848. The average molecular weight is 297 g/mol. The summed E-state index contributed by atoms with van der Waals surface area (Å²) in [6.45, 7) is 10.4. The molecule has 1 fully saturated rings. The average Bonchev–Trinajstić information content (AvgIpc) is 3.04. The summed E-state index contributed by atoms with van der Waals surface area (Å²) < 4.78 is 15.6. The molecule has 22 heavy (non-hydrogen) atoms.